The lowest BCUT2D eigenvalue weighted by Crippen LogP contribution is -2.29. The Balaban J connectivity index is 1.81. The largest absolute Gasteiger partial charge is 0.497 e. The summed E-state index contributed by atoms with van der Waals surface area (Å²) in [5.41, 5.74) is 0.955. The van der Waals surface area contributed by atoms with Crippen molar-refractivity contribution in [1.29, 1.82) is 0 Å². The average molecular weight is 332 g/mol. The minimum Gasteiger partial charge on any atom is -0.497 e. The van der Waals surface area contributed by atoms with Gasteiger partial charge in [-0.3, -0.25) is 10.1 Å². The molecule has 9 heteroatoms. The molecule has 0 aliphatic rings. The van der Waals surface area contributed by atoms with Crippen LogP contribution in [0.3, 0.4) is 0 Å². The van der Waals surface area contributed by atoms with Crippen LogP contribution >= 0.6 is 0 Å². The maximum atomic E-state index is 11.9. The van der Waals surface area contributed by atoms with Gasteiger partial charge in [-0.1, -0.05) is 12.1 Å². The number of rotatable bonds is 6. The molecule has 0 saturated carbocycles. The Morgan fingerprint density at radius 2 is 1.96 bits per heavy atom. The number of aromatic nitrogens is 3. The van der Waals surface area contributed by atoms with Gasteiger partial charge < -0.3 is 15.0 Å². The van der Waals surface area contributed by atoms with E-state index in [1.165, 1.54) is 15.9 Å². The third-order valence-corrected chi connectivity index (χ3v) is 3.11. The number of urea groups is 1. The molecule has 3 amide bonds. The number of hydrogen-bond donors (Lipinski definition) is 2. The van der Waals surface area contributed by atoms with Crippen molar-refractivity contribution >= 4 is 17.8 Å². The Morgan fingerprint density at radius 1 is 1.25 bits per heavy atom. The van der Waals surface area contributed by atoms with E-state index >= 15 is 0 Å². The lowest BCUT2D eigenvalue weighted by atomic mass is 10.2. The van der Waals surface area contributed by atoms with Crippen molar-refractivity contribution in [1.82, 2.24) is 25.2 Å². The van der Waals surface area contributed by atoms with Crippen molar-refractivity contribution in [3.05, 3.63) is 36.0 Å². The summed E-state index contributed by atoms with van der Waals surface area (Å²) in [6.45, 7) is 0.363. The first-order valence-corrected chi connectivity index (χ1v) is 7.26. The molecule has 0 bridgehead atoms. The van der Waals surface area contributed by atoms with Crippen molar-refractivity contribution in [3.63, 3.8) is 0 Å². The van der Waals surface area contributed by atoms with Crippen LogP contribution in [0, 0.1) is 0 Å². The van der Waals surface area contributed by atoms with Crippen molar-refractivity contribution in [3.8, 4) is 5.75 Å². The van der Waals surface area contributed by atoms with Gasteiger partial charge in [0.25, 0.3) is 0 Å². The van der Waals surface area contributed by atoms with Gasteiger partial charge in [-0.05, 0) is 17.7 Å². The molecule has 1 aromatic heterocycles. The molecule has 9 nitrogen and oxygen atoms in total. The summed E-state index contributed by atoms with van der Waals surface area (Å²) in [7, 11) is 4.84. The Labute approximate surface area is 139 Å². The molecular weight excluding hydrogens is 312 g/mol. The second-order valence-corrected chi connectivity index (χ2v) is 5.21. The molecule has 0 saturated heterocycles. The van der Waals surface area contributed by atoms with E-state index in [2.05, 4.69) is 20.8 Å². The molecular formula is C15H20N6O3. The van der Waals surface area contributed by atoms with Gasteiger partial charge in [0, 0.05) is 20.6 Å². The highest BCUT2D eigenvalue weighted by Gasteiger charge is 2.09. The smallest absolute Gasteiger partial charge is 0.322 e. The maximum absolute atomic E-state index is 11.9. The molecule has 0 unspecified atom stereocenters. The molecule has 1 aromatic carbocycles. The topological polar surface area (TPSA) is 101 Å². The summed E-state index contributed by atoms with van der Waals surface area (Å²) in [5, 5.41) is 13.3. The second kappa shape index (κ2) is 7.95. The molecule has 128 valence electrons. The predicted octanol–water partition coefficient (Wildman–Crippen LogP) is 0.697. The van der Waals surface area contributed by atoms with Crippen molar-refractivity contribution < 1.29 is 14.3 Å². The quantitative estimate of drug-likeness (QED) is 0.811. The van der Waals surface area contributed by atoms with Gasteiger partial charge in [0.15, 0.2) is 5.82 Å². The minimum atomic E-state index is -0.314. The van der Waals surface area contributed by atoms with E-state index in [4.69, 9.17) is 4.74 Å². The van der Waals surface area contributed by atoms with Gasteiger partial charge in [0.05, 0.1) is 13.3 Å². The van der Waals surface area contributed by atoms with Gasteiger partial charge in [0.1, 0.15) is 12.3 Å². The van der Waals surface area contributed by atoms with Crippen LogP contribution in [-0.4, -0.2) is 53.0 Å². The molecule has 0 aliphatic heterocycles. The van der Waals surface area contributed by atoms with E-state index in [1.54, 1.807) is 21.2 Å². The van der Waals surface area contributed by atoms with Crippen LogP contribution in [0.25, 0.3) is 0 Å². The fraction of sp³-hybridized carbons (Fsp3) is 0.333. The summed E-state index contributed by atoms with van der Waals surface area (Å²) in [5.74, 6) is 0.821. The average Bonchev–Trinajstić information content (AvgIpc) is 3.00. The highest BCUT2D eigenvalue weighted by molar-refractivity contribution is 5.87. The molecule has 2 rings (SSSR count). The van der Waals surface area contributed by atoms with E-state index in [9.17, 15) is 9.59 Å². The van der Waals surface area contributed by atoms with Crippen LogP contribution in [0.15, 0.2) is 30.5 Å². The summed E-state index contributed by atoms with van der Waals surface area (Å²) in [6.07, 6.45) is 1.39. The lowest BCUT2D eigenvalue weighted by molar-refractivity contribution is -0.122. The van der Waals surface area contributed by atoms with Crippen LogP contribution in [0.2, 0.25) is 0 Å². The van der Waals surface area contributed by atoms with Gasteiger partial charge >= 0.3 is 6.03 Å². The summed E-state index contributed by atoms with van der Waals surface area (Å²) in [6, 6.07) is 7.10. The number of carbonyl (C=O) groups excluding carboxylic acids is 2. The summed E-state index contributed by atoms with van der Waals surface area (Å²) in [4.78, 5) is 26.0. The fourth-order valence-corrected chi connectivity index (χ4v) is 1.78. The molecule has 0 atom stereocenters. The minimum absolute atomic E-state index is 0.0337. The van der Waals surface area contributed by atoms with E-state index in [0.29, 0.717) is 6.54 Å². The zero-order valence-corrected chi connectivity index (χ0v) is 13.8. The van der Waals surface area contributed by atoms with E-state index in [-0.39, 0.29) is 24.3 Å². The summed E-state index contributed by atoms with van der Waals surface area (Å²) >= 11 is 0. The Hall–Kier alpha value is -3.10. The molecule has 1 heterocycles. The number of methoxy groups -OCH3 is 1. The molecule has 0 fully saturated rings. The number of ether oxygens (including phenoxy) is 1. The first-order valence-electron chi connectivity index (χ1n) is 7.26. The molecule has 0 spiro atoms. The Bertz CT molecular complexity index is 695. The van der Waals surface area contributed by atoms with Crippen LogP contribution in [0.4, 0.5) is 10.6 Å². The predicted molar refractivity (Wildman–Crippen MR) is 87.6 cm³/mol. The molecule has 2 N–H and O–H groups in total. The maximum Gasteiger partial charge on any atom is 0.322 e. The van der Waals surface area contributed by atoms with E-state index in [0.717, 1.165) is 11.3 Å². The van der Waals surface area contributed by atoms with Crippen molar-refractivity contribution in [2.45, 2.75) is 13.1 Å². The monoisotopic (exact) mass is 332 g/mol. The molecule has 0 aliphatic carbocycles. The van der Waals surface area contributed by atoms with Gasteiger partial charge in [0.2, 0.25) is 5.91 Å². The molecule has 0 radical (unpaired) electrons. The normalized spacial score (nSPS) is 10.1. The number of carbonyl (C=O) groups is 2. The summed E-state index contributed by atoms with van der Waals surface area (Å²) < 4.78 is 5.08. The lowest BCUT2D eigenvalue weighted by Gasteiger charge is -2.09. The Kier molecular flexibility index (Phi) is 5.72. The number of hydrogen-bond acceptors (Lipinski definition) is 5. The third-order valence-electron chi connectivity index (χ3n) is 3.11. The number of anilines is 1. The van der Waals surface area contributed by atoms with Crippen LogP contribution in [-0.2, 0) is 17.9 Å². The standard InChI is InChI=1S/C15H20N6O3/c1-20(2)15(23)18-13-9-17-21(19-13)10-14(22)16-8-11-4-6-12(24-3)7-5-11/h4-7,9H,8,10H2,1-3H3,(H,16,22)(H,18,19,23). The van der Waals surface area contributed by atoms with E-state index < -0.39 is 0 Å². The third kappa shape index (κ3) is 4.97. The highest BCUT2D eigenvalue weighted by atomic mass is 16.5. The highest BCUT2D eigenvalue weighted by Crippen LogP contribution is 2.10. The zero-order valence-electron chi connectivity index (χ0n) is 13.8. The SMILES string of the molecule is COc1ccc(CNC(=O)Cn2ncc(NC(=O)N(C)C)n2)cc1. The van der Waals surface area contributed by atoms with Crippen molar-refractivity contribution in [2.24, 2.45) is 0 Å². The first kappa shape index (κ1) is 17.3. The fourth-order valence-electron chi connectivity index (χ4n) is 1.78. The number of amides is 3. The number of nitrogens with one attached hydrogen (secondary N) is 2. The molecule has 2 aromatic rings. The van der Waals surface area contributed by atoms with Gasteiger partial charge in [-0.2, -0.15) is 9.90 Å². The second-order valence-electron chi connectivity index (χ2n) is 5.21. The first-order chi connectivity index (χ1) is 11.5. The van der Waals surface area contributed by atoms with Crippen LogP contribution in [0.5, 0.6) is 5.75 Å². The van der Waals surface area contributed by atoms with Gasteiger partial charge in [-0.15, -0.1) is 5.10 Å². The number of nitrogens with zero attached hydrogens (tertiary/aromatic N) is 4. The van der Waals surface area contributed by atoms with Crippen LogP contribution < -0.4 is 15.4 Å². The van der Waals surface area contributed by atoms with E-state index in [1.807, 2.05) is 24.3 Å². The van der Waals surface area contributed by atoms with Crippen LogP contribution in [0.1, 0.15) is 5.56 Å². The number of benzene rings is 1. The molecule has 24 heavy (non-hydrogen) atoms. The zero-order chi connectivity index (χ0) is 17.5. The van der Waals surface area contributed by atoms with Gasteiger partial charge in [-0.25, -0.2) is 4.79 Å². The Morgan fingerprint density at radius 3 is 2.58 bits per heavy atom. The van der Waals surface area contributed by atoms with Crippen molar-refractivity contribution in [2.75, 3.05) is 26.5 Å².